The van der Waals surface area contributed by atoms with E-state index < -0.39 is 25.4 Å². The maximum absolute atomic E-state index is 13.1. The van der Waals surface area contributed by atoms with Crippen molar-refractivity contribution in [3.8, 4) is 11.5 Å². The molecule has 0 aliphatic rings. The summed E-state index contributed by atoms with van der Waals surface area (Å²) in [6, 6.07) is 12.7. The van der Waals surface area contributed by atoms with Gasteiger partial charge in [0.25, 0.3) is 0 Å². The largest absolute Gasteiger partial charge is 0.485 e. The van der Waals surface area contributed by atoms with Crippen LogP contribution in [0.25, 0.3) is 0 Å². The Labute approximate surface area is 179 Å². The molecular weight excluding hydrogens is 440 g/mol. The van der Waals surface area contributed by atoms with Crippen molar-refractivity contribution in [1.82, 2.24) is 0 Å². The first kappa shape index (κ1) is 23.4. The van der Waals surface area contributed by atoms with Crippen molar-refractivity contribution in [3.63, 3.8) is 0 Å². The number of nitrogens with zero attached hydrogens (tertiary/aromatic N) is 1. The number of ether oxygens (including phenoxy) is 1. The van der Waals surface area contributed by atoms with Crippen LogP contribution in [0, 0.1) is 0 Å². The summed E-state index contributed by atoms with van der Waals surface area (Å²) in [4.78, 5) is 18.0. The third-order valence-electron chi connectivity index (χ3n) is 3.34. The highest BCUT2D eigenvalue weighted by atomic mass is 35.5. The predicted molar refractivity (Wildman–Crippen MR) is 112 cm³/mol. The van der Waals surface area contributed by atoms with E-state index >= 15 is 0 Å². The second-order valence-electron chi connectivity index (χ2n) is 5.46. The van der Waals surface area contributed by atoms with Crippen LogP contribution >= 0.6 is 30.8 Å². The minimum absolute atomic E-state index is 0.0442. The summed E-state index contributed by atoms with van der Waals surface area (Å²) in [6.45, 7) is 2.88. The molecule has 0 aliphatic heterocycles. The molecule has 2 rings (SSSR count). The molecule has 0 fully saturated rings. The van der Waals surface area contributed by atoms with Crippen LogP contribution in [-0.4, -0.2) is 31.1 Å². The summed E-state index contributed by atoms with van der Waals surface area (Å²) in [5.74, 6) is -0.0135. The van der Waals surface area contributed by atoms with Gasteiger partial charge in [-0.05, 0) is 62.4 Å². The second kappa shape index (κ2) is 11.3. The SMILES string of the molecule is CCOP(=O)(OCC)C(=NOc1ccc(Cl)cc1)C(=O)COc1ccc(Cl)cc1. The maximum Gasteiger partial charge on any atom is 0.386 e. The minimum atomic E-state index is -4.01. The fraction of sp³-hybridized carbons (Fsp3) is 0.263. The van der Waals surface area contributed by atoms with Crippen molar-refractivity contribution in [2.75, 3.05) is 19.8 Å². The number of oxime groups is 1. The Morgan fingerprint density at radius 2 is 1.38 bits per heavy atom. The van der Waals surface area contributed by atoms with Crippen LogP contribution in [0.2, 0.25) is 10.0 Å². The molecule has 0 saturated carbocycles. The van der Waals surface area contributed by atoms with Crippen molar-refractivity contribution in [1.29, 1.82) is 0 Å². The normalized spacial score (nSPS) is 11.9. The van der Waals surface area contributed by atoms with Crippen LogP contribution in [-0.2, 0) is 18.4 Å². The zero-order chi connectivity index (χ0) is 21.3. The molecule has 7 nitrogen and oxygen atoms in total. The lowest BCUT2D eigenvalue weighted by molar-refractivity contribution is -0.114. The van der Waals surface area contributed by atoms with Gasteiger partial charge in [0.1, 0.15) is 5.75 Å². The lowest BCUT2D eigenvalue weighted by atomic mass is 10.3. The number of Topliss-reactive ketones (excluding diaryl/α,β-unsaturated/α-hetero) is 1. The third kappa shape index (κ3) is 7.14. The molecule has 0 N–H and O–H groups in total. The molecule has 0 radical (unpaired) electrons. The van der Waals surface area contributed by atoms with Crippen molar-refractivity contribution in [3.05, 3.63) is 58.6 Å². The van der Waals surface area contributed by atoms with Gasteiger partial charge in [-0.2, -0.15) is 0 Å². The molecule has 0 aromatic heterocycles. The van der Waals surface area contributed by atoms with Crippen molar-refractivity contribution in [2.45, 2.75) is 13.8 Å². The molecule has 0 amide bonds. The van der Waals surface area contributed by atoms with E-state index in [0.717, 1.165) is 0 Å². The topological polar surface area (TPSA) is 83.4 Å². The van der Waals surface area contributed by atoms with Gasteiger partial charge in [-0.15, -0.1) is 0 Å². The third-order valence-corrected chi connectivity index (χ3v) is 5.89. The quantitative estimate of drug-likeness (QED) is 0.247. The average molecular weight is 460 g/mol. The van der Waals surface area contributed by atoms with Gasteiger partial charge in [0, 0.05) is 10.0 Å². The van der Waals surface area contributed by atoms with E-state index in [2.05, 4.69) is 5.16 Å². The first-order valence-corrected chi connectivity index (χ1v) is 11.0. The summed E-state index contributed by atoms with van der Waals surface area (Å²) < 4.78 is 29.0. The summed E-state index contributed by atoms with van der Waals surface area (Å²) in [5, 5.41) is 4.80. The van der Waals surface area contributed by atoms with Gasteiger partial charge in [0.2, 0.25) is 11.2 Å². The fourth-order valence-corrected chi connectivity index (χ4v) is 3.85. The van der Waals surface area contributed by atoms with E-state index in [1.807, 2.05) is 0 Å². The molecule has 0 atom stereocenters. The van der Waals surface area contributed by atoms with Crippen LogP contribution in [0.3, 0.4) is 0 Å². The standard InChI is InChI=1S/C19H20Cl2NO6P/c1-3-26-29(24,27-4-2)19(22-28-17-11-7-15(21)8-12-17)18(23)13-25-16-9-5-14(20)6-10-16/h5-12H,3-4,13H2,1-2H3. The molecule has 0 unspecified atom stereocenters. The first-order valence-electron chi connectivity index (χ1n) is 8.69. The van der Waals surface area contributed by atoms with Gasteiger partial charge in [-0.3, -0.25) is 9.36 Å². The Hall–Kier alpha value is -1.89. The van der Waals surface area contributed by atoms with E-state index in [4.69, 9.17) is 41.8 Å². The van der Waals surface area contributed by atoms with Crippen LogP contribution in [0.4, 0.5) is 0 Å². The fourth-order valence-electron chi connectivity index (χ4n) is 2.09. The molecule has 2 aromatic carbocycles. The van der Waals surface area contributed by atoms with E-state index in [-0.39, 0.29) is 19.0 Å². The molecule has 29 heavy (non-hydrogen) atoms. The van der Waals surface area contributed by atoms with Crippen molar-refractivity contribution >= 4 is 42.0 Å². The lowest BCUT2D eigenvalue weighted by Crippen LogP contribution is -2.24. The number of halogens is 2. The molecule has 0 saturated heterocycles. The molecule has 0 aliphatic carbocycles. The number of carbonyl (C=O) groups is 1. The van der Waals surface area contributed by atoms with E-state index in [0.29, 0.717) is 15.8 Å². The average Bonchev–Trinajstić information content (AvgIpc) is 2.69. The Morgan fingerprint density at radius 1 is 0.897 bits per heavy atom. The van der Waals surface area contributed by atoms with Crippen LogP contribution in [0.15, 0.2) is 53.7 Å². The summed E-state index contributed by atoms with van der Waals surface area (Å²) in [7, 11) is -4.01. The molecule has 2 aromatic rings. The van der Waals surface area contributed by atoms with Gasteiger partial charge in [0.15, 0.2) is 12.4 Å². The predicted octanol–water partition coefficient (Wildman–Crippen LogP) is 5.60. The number of carbonyl (C=O) groups excluding carboxylic acids is 1. The number of benzene rings is 2. The highest BCUT2D eigenvalue weighted by molar-refractivity contribution is 7.75. The zero-order valence-electron chi connectivity index (χ0n) is 15.8. The maximum atomic E-state index is 13.1. The van der Waals surface area contributed by atoms with E-state index in [1.54, 1.807) is 62.4 Å². The van der Waals surface area contributed by atoms with Crippen molar-refractivity contribution in [2.24, 2.45) is 5.16 Å². The highest BCUT2D eigenvalue weighted by Crippen LogP contribution is 2.50. The van der Waals surface area contributed by atoms with Crippen LogP contribution < -0.4 is 9.57 Å². The number of ketones is 1. The van der Waals surface area contributed by atoms with Gasteiger partial charge in [-0.1, -0.05) is 28.4 Å². The van der Waals surface area contributed by atoms with Gasteiger partial charge < -0.3 is 18.6 Å². The summed E-state index contributed by atoms with van der Waals surface area (Å²) in [5.41, 5.74) is -0.495. The Bertz CT molecular complexity index is 877. The highest BCUT2D eigenvalue weighted by Gasteiger charge is 2.38. The smallest absolute Gasteiger partial charge is 0.386 e. The molecule has 0 spiro atoms. The van der Waals surface area contributed by atoms with Crippen molar-refractivity contribution < 1.29 is 28.0 Å². The van der Waals surface area contributed by atoms with Gasteiger partial charge >= 0.3 is 7.60 Å². The molecule has 0 heterocycles. The Balaban J connectivity index is 2.25. The summed E-state index contributed by atoms with van der Waals surface area (Å²) in [6.07, 6.45) is 0. The van der Waals surface area contributed by atoms with Gasteiger partial charge in [0.05, 0.1) is 13.2 Å². The first-order chi connectivity index (χ1) is 13.9. The van der Waals surface area contributed by atoms with E-state index in [1.165, 1.54) is 0 Å². The Morgan fingerprint density at radius 3 is 1.86 bits per heavy atom. The van der Waals surface area contributed by atoms with Crippen LogP contribution in [0.1, 0.15) is 13.8 Å². The molecule has 0 bridgehead atoms. The van der Waals surface area contributed by atoms with E-state index in [9.17, 15) is 9.36 Å². The zero-order valence-corrected chi connectivity index (χ0v) is 18.2. The van der Waals surface area contributed by atoms with Crippen LogP contribution in [0.5, 0.6) is 11.5 Å². The number of rotatable bonds is 11. The monoisotopic (exact) mass is 459 g/mol. The second-order valence-corrected chi connectivity index (χ2v) is 8.27. The number of hydrogen-bond acceptors (Lipinski definition) is 7. The minimum Gasteiger partial charge on any atom is -0.485 e. The Kier molecular flexibility index (Phi) is 9.14. The number of hydrogen-bond donors (Lipinski definition) is 0. The molecular formula is C19H20Cl2NO6P. The molecule has 156 valence electrons. The summed E-state index contributed by atoms with van der Waals surface area (Å²) >= 11 is 11.7. The molecule has 10 heteroatoms. The lowest BCUT2D eigenvalue weighted by Gasteiger charge is -2.17. The van der Waals surface area contributed by atoms with Gasteiger partial charge in [-0.25, -0.2) is 0 Å².